The highest BCUT2D eigenvalue weighted by Gasteiger charge is 2.46. The first-order valence-corrected chi connectivity index (χ1v) is 5.17. The molecular formula is C10H21N3O. The van der Waals surface area contributed by atoms with Crippen LogP contribution in [0.25, 0.3) is 0 Å². The minimum absolute atomic E-state index is 0.0494. The van der Waals surface area contributed by atoms with Crippen LogP contribution in [0.4, 0.5) is 0 Å². The molecule has 1 atom stereocenters. The van der Waals surface area contributed by atoms with Crippen LogP contribution < -0.4 is 5.73 Å². The largest absolute Gasteiger partial charge is 0.329 e. The van der Waals surface area contributed by atoms with E-state index in [0.717, 1.165) is 0 Å². The molecule has 14 heavy (non-hydrogen) atoms. The quantitative estimate of drug-likeness (QED) is 0.717. The average Bonchev–Trinajstić information content (AvgIpc) is 2.31. The normalized spacial score (nSPS) is 29.3. The second kappa shape index (κ2) is 3.87. The van der Waals surface area contributed by atoms with Crippen molar-refractivity contribution in [2.75, 3.05) is 20.1 Å². The maximum Gasteiger partial charge on any atom is 0.238 e. The summed E-state index contributed by atoms with van der Waals surface area (Å²) in [6.07, 6.45) is 0.598. The van der Waals surface area contributed by atoms with E-state index in [1.807, 2.05) is 12.1 Å². The molecule has 4 nitrogen and oxygen atoms in total. The molecule has 1 rings (SSSR count). The van der Waals surface area contributed by atoms with Gasteiger partial charge in [0.1, 0.15) is 0 Å². The van der Waals surface area contributed by atoms with Gasteiger partial charge in [-0.25, -0.2) is 5.01 Å². The highest BCUT2D eigenvalue weighted by Crippen LogP contribution is 2.34. The molecule has 0 aromatic rings. The molecule has 1 unspecified atom stereocenters. The molecule has 0 aromatic carbocycles. The lowest BCUT2D eigenvalue weighted by molar-refractivity contribution is -0.138. The third-order valence-corrected chi connectivity index (χ3v) is 3.48. The predicted octanol–water partition coefficient (Wildman–Crippen LogP) is 0.439. The Labute approximate surface area is 86.0 Å². The fraction of sp³-hybridized carbons (Fsp3) is 0.900. The van der Waals surface area contributed by atoms with Gasteiger partial charge in [0.05, 0.1) is 0 Å². The molecule has 0 radical (unpaired) electrons. The van der Waals surface area contributed by atoms with E-state index in [9.17, 15) is 4.79 Å². The van der Waals surface area contributed by atoms with Crippen LogP contribution in [0.5, 0.6) is 0 Å². The van der Waals surface area contributed by atoms with Gasteiger partial charge in [-0.3, -0.25) is 9.80 Å². The van der Waals surface area contributed by atoms with Gasteiger partial charge in [0.15, 0.2) is 0 Å². The van der Waals surface area contributed by atoms with Gasteiger partial charge < -0.3 is 5.73 Å². The first-order chi connectivity index (χ1) is 6.43. The molecule has 1 aliphatic rings. The third-order valence-electron chi connectivity index (χ3n) is 3.48. The molecule has 1 saturated heterocycles. The van der Waals surface area contributed by atoms with Crippen molar-refractivity contribution in [1.29, 1.82) is 0 Å². The van der Waals surface area contributed by atoms with Crippen molar-refractivity contribution in [3.8, 4) is 0 Å². The molecule has 1 aliphatic heterocycles. The summed E-state index contributed by atoms with van der Waals surface area (Å²) in [7, 11) is 1.97. The minimum Gasteiger partial charge on any atom is -0.329 e. The first kappa shape index (κ1) is 11.5. The van der Waals surface area contributed by atoms with Crippen molar-refractivity contribution in [1.82, 2.24) is 10.0 Å². The van der Waals surface area contributed by atoms with Crippen LogP contribution in [0.15, 0.2) is 0 Å². The van der Waals surface area contributed by atoms with Crippen molar-refractivity contribution >= 4 is 5.91 Å². The standard InChI is InChI=1S/C10H21N3O/c1-8(2)10(3)7-9(14)13(6-5-11)12(10)4/h8H,5-7,11H2,1-4H3. The van der Waals surface area contributed by atoms with E-state index in [-0.39, 0.29) is 11.4 Å². The Morgan fingerprint density at radius 1 is 1.57 bits per heavy atom. The number of amides is 1. The Balaban J connectivity index is 2.83. The summed E-state index contributed by atoms with van der Waals surface area (Å²) in [5.74, 6) is 0.647. The van der Waals surface area contributed by atoms with Crippen molar-refractivity contribution in [2.45, 2.75) is 32.7 Å². The first-order valence-electron chi connectivity index (χ1n) is 5.17. The number of carbonyl (C=O) groups excluding carboxylic acids is 1. The summed E-state index contributed by atoms with van der Waals surface area (Å²) in [5.41, 5.74) is 5.43. The summed E-state index contributed by atoms with van der Waals surface area (Å²) in [5, 5.41) is 3.81. The summed E-state index contributed by atoms with van der Waals surface area (Å²) in [4.78, 5) is 11.7. The summed E-state index contributed by atoms with van der Waals surface area (Å²) in [6.45, 7) is 7.57. The second-order valence-electron chi connectivity index (χ2n) is 4.52. The summed E-state index contributed by atoms with van der Waals surface area (Å²) < 4.78 is 0. The number of hydrogen-bond donors (Lipinski definition) is 1. The molecule has 1 fully saturated rings. The van der Waals surface area contributed by atoms with E-state index in [0.29, 0.717) is 25.4 Å². The SMILES string of the molecule is CC(C)C1(C)CC(=O)N(CCN)N1C. The van der Waals surface area contributed by atoms with Crippen LogP contribution in [-0.2, 0) is 4.79 Å². The van der Waals surface area contributed by atoms with E-state index in [4.69, 9.17) is 5.73 Å². The zero-order valence-corrected chi connectivity index (χ0v) is 9.58. The Morgan fingerprint density at radius 3 is 2.50 bits per heavy atom. The monoisotopic (exact) mass is 199 g/mol. The average molecular weight is 199 g/mol. The van der Waals surface area contributed by atoms with Gasteiger partial charge in [-0.05, 0) is 12.8 Å². The van der Waals surface area contributed by atoms with Gasteiger partial charge in [0, 0.05) is 32.1 Å². The van der Waals surface area contributed by atoms with E-state index >= 15 is 0 Å². The Morgan fingerprint density at radius 2 is 2.14 bits per heavy atom. The number of nitrogens with zero attached hydrogens (tertiary/aromatic N) is 2. The molecule has 1 amide bonds. The lowest BCUT2D eigenvalue weighted by atomic mass is 9.86. The lowest BCUT2D eigenvalue weighted by Crippen LogP contribution is -2.50. The molecule has 4 heteroatoms. The highest BCUT2D eigenvalue weighted by molar-refractivity contribution is 5.79. The van der Waals surface area contributed by atoms with E-state index in [2.05, 4.69) is 20.8 Å². The van der Waals surface area contributed by atoms with Gasteiger partial charge >= 0.3 is 0 Å². The molecule has 82 valence electrons. The van der Waals surface area contributed by atoms with E-state index < -0.39 is 0 Å². The summed E-state index contributed by atoms with van der Waals surface area (Å²) >= 11 is 0. The lowest BCUT2D eigenvalue weighted by Gasteiger charge is -2.38. The van der Waals surface area contributed by atoms with Crippen molar-refractivity contribution in [3.63, 3.8) is 0 Å². The number of nitrogens with two attached hydrogens (primary N) is 1. The summed E-state index contributed by atoms with van der Waals surface area (Å²) in [6, 6.07) is 0. The van der Waals surface area contributed by atoms with Crippen molar-refractivity contribution in [3.05, 3.63) is 0 Å². The van der Waals surface area contributed by atoms with E-state index in [1.165, 1.54) is 0 Å². The molecule has 0 spiro atoms. The Kier molecular flexibility index (Phi) is 3.17. The third kappa shape index (κ3) is 1.64. The van der Waals surface area contributed by atoms with Crippen LogP contribution in [-0.4, -0.2) is 41.6 Å². The Hall–Kier alpha value is -0.610. The van der Waals surface area contributed by atoms with Gasteiger partial charge in [0.2, 0.25) is 5.91 Å². The van der Waals surface area contributed by atoms with Gasteiger partial charge in [0.25, 0.3) is 0 Å². The number of hydrazine groups is 1. The fourth-order valence-corrected chi connectivity index (χ4v) is 1.93. The molecule has 1 heterocycles. The fourth-order valence-electron chi connectivity index (χ4n) is 1.93. The number of hydrogen-bond acceptors (Lipinski definition) is 3. The predicted molar refractivity (Wildman–Crippen MR) is 56.4 cm³/mol. The molecule has 0 saturated carbocycles. The van der Waals surface area contributed by atoms with Gasteiger partial charge in [-0.1, -0.05) is 13.8 Å². The zero-order valence-electron chi connectivity index (χ0n) is 9.58. The topological polar surface area (TPSA) is 49.6 Å². The number of rotatable bonds is 3. The van der Waals surface area contributed by atoms with Crippen LogP contribution in [0.1, 0.15) is 27.2 Å². The molecule has 0 bridgehead atoms. The minimum atomic E-state index is -0.0494. The van der Waals surface area contributed by atoms with Crippen LogP contribution >= 0.6 is 0 Å². The molecule has 0 aliphatic carbocycles. The van der Waals surface area contributed by atoms with Crippen LogP contribution in [0.3, 0.4) is 0 Å². The second-order valence-corrected chi connectivity index (χ2v) is 4.52. The molecule has 0 aromatic heterocycles. The molecule has 2 N–H and O–H groups in total. The molecular weight excluding hydrogens is 178 g/mol. The van der Waals surface area contributed by atoms with Crippen LogP contribution in [0, 0.1) is 5.92 Å². The van der Waals surface area contributed by atoms with Gasteiger partial charge in [-0.15, -0.1) is 0 Å². The smallest absolute Gasteiger partial charge is 0.238 e. The van der Waals surface area contributed by atoms with Crippen molar-refractivity contribution in [2.24, 2.45) is 11.7 Å². The maximum atomic E-state index is 11.7. The zero-order chi connectivity index (χ0) is 10.9. The van der Waals surface area contributed by atoms with Crippen LogP contribution in [0.2, 0.25) is 0 Å². The maximum absolute atomic E-state index is 11.7. The Bertz CT molecular complexity index is 229. The van der Waals surface area contributed by atoms with Crippen molar-refractivity contribution < 1.29 is 4.79 Å². The van der Waals surface area contributed by atoms with E-state index in [1.54, 1.807) is 5.01 Å². The number of carbonyl (C=O) groups is 1. The van der Waals surface area contributed by atoms with Gasteiger partial charge in [-0.2, -0.15) is 0 Å². The highest BCUT2D eigenvalue weighted by atomic mass is 16.2.